The molecule has 0 saturated carbocycles. The fraction of sp³-hybridized carbons (Fsp3) is 0.622. The summed E-state index contributed by atoms with van der Waals surface area (Å²) < 4.78 is 0. The molecule has 0 radical (unpaired) electrons. The van der Waals surface area contributed by atoms with Gasteiger partial charge >= 0.3 is 35.5 Å². The molecule has 0 saturated heterocycles. The van der Waals surface area contributed by atoms with E-state index < -0.39 is 11.9 Å². The van der Waals surface area contributed by atoms with Crippen LogP contribution in [0.25, 0.3) is 0 Å². The average molecular weight is 623 g/mol. The van der Waals surface area contributed by atoms with Crippen LogP contribution in [0.3, 0.4) is 0 Å². The van der Waals surface area contributed by atoms with Gasteiger partial charge in [0.15, 0.2) is 0 Å². The van der Waals surface area contributed by atoms with E-state index in [4.69, 9.17) is 5.11 Å². The topological polar surface area (TPSA) is 118 Å². The first-order valence-corrected chi connectivity index (χ1v) is 16.2. The van der Waals surface area contributed by atoms with Crippen LogP contribution >= 0.6 is 0 Å². The zero-order chi connectivity index (χ0) is 31.3. The van der Waals surface area contributed by atoms with E-state index in [9.17, 15) is 24.9 Å². The summed E-state index contributed by atoms with van der Waals surface area (Å²) in [7, 11) is 0. The van der Waals surface area contributed by atoms with Crippen molar-refractivity contribution in [3.63, 3.8) is 0 Å². The third-order valence-electron chi connectivity index (χ3n) is 7.57. The van der Waals surface area contributed by atoms with Gasteiger partial charge in [-0.25, -0.2) is 0 Å². The molecule has 0 unspecified atom stereocenters. The van der Waals surface area contributed by atoms with Crippen LogP contribution in [0.4, 0.5) is 0 Å². The first-order valence-electron chi connectivity index (χ1n) is 16.2. The van der Waals surface area contributed by atoms with Gasteiger partial charge in [0.25, 0.3) is 0 Å². The van der Waals surface area contributed by atoms with Crippen LogP contribution < -0.4 is 34.7 Å². The van der Waals surface area contributed by atoms with E-state index in [0.717, 1.165) is 106 Å². The maximum absolute atomic E-state index is 11.0. The molecule has 0 fully saturated rings. The first kappa shape index (κ1) is 44.1. The van der Waals surface area contributed by atoms with Gasteiger partial charge < -0.3 is 25.2 Å². The van der Waals surface area contributed by atoms with Crippen LogP contribution in [0.5, 0.6) is 11.5 Å². The van der Waals surface area contributed by atoms with Crippen LogP contribution in [0, 0.1) is 0 Å². The van der Waals surface area contributed by atoms with Crippen molar-refractivity contribution in [2.24, 2.45) is 0 Å². The summed E-state index contributed by atoms with van der Waals surface area (Å²) >= 11 is 0. The van der Waals surface area contributed by atoms with Gasteiger partial charge in [0, 0.05) is 23.5 Å². The number of carboxylic acid groups (broad SMARTS) is 2. The fourth-order valence-electron chi connectivity index (χ4n) is 5.21. The smallest absolute Gasteiger partial charge is 0.550 e. The maximum atomic E-state index is 11.0. The van der Waals surface area contributed by atoms with Gasteiger partial charge in [-0.05, 0) is 73.6 Å². The number of carboxylic acids is 2. The molecule has 2 aromatic carbocycles. The van der Waals surface area contributed by atoms with Gasteiger partial charge in [0.05, 0.1) is 6.42 Å². The number of phenols is 2. The first-order chi connectivity index (χ1) is 20.2. The molecule has 6 nitrogen and oxygen atoms in total. The summed E-state index contributed by atoms with van der Waals surface area (Å²) in [6.07, 6.45) is 16.7. The van der Waals surface area contributed by atoms with E-state index in [-0.39, 0.29) is 61.3 Å². The van der Waals surface area contributed by atoms with Gasteiger partial charge in [-0.1, -0.05) is 111 Å². The second kappa shape index (κ2) is 26.2. The van der Waals surface area contributed by atoms with E-state index >= 15 is 0 Å². The average Bonchev–Trinajstić information content (AvgIpc) is 2.93. The Bertz CT molecular complexity index is 997. The molecule has 244 valence electrons. The quantitative estimate of drug-likeness (QED) is 0.137. The van der Waals surface area contributed by atoms with Crippen molar-refractivity contribution in [1.29, 1.82) is 0 Å². The number of aliphatic carboxylic acids is 2. The molecule has 0 atom stereocenters. The van der Waals surface area contributed by atoms with Gasteiger partial charge in [-0.15, -0.1) is 0 Å². The van der Waals surface area contributed by atoms with Crippen molar-refractivity contribution in [2.75, 3.05) is 0 Å². The van der Waals surface area contributed by atoms with Gasteiger partial charge in [-0.2, -0.15) is 0 Å². The molecule has 0 aliphatic heterocycles. The third-order valence-corrected chi connectivity index (χ3v) is 7.57. The number of carbonyl (C=O) groups is 2. The standard InChI is InChI=1S/2C18H28O3.CH4.Na/c2*1-3-5-7-9-14-11-15(10-8-6-4-2)18(21)16(12-14)13-17(19)20;;/h2*11-12,21H,3-10,13H2,1-2H3,(H,19,20);1H4;/q;;;+1/p-1. The molecule has 2 rings (SSSR count). The van der Waals surface area contributed by atoms with Crippen molar-refractivity contribution in [2.45, 2.75) is 151 Å². The minimum absolute atomic E-state index is 0. The monoisotopic (exact) mass is 622 g/mol. The number of rotatable bonds is 20. The fourth-order valence-corrected chi connectivity index (χ4v) is 5.21. The number of hydrogen-bond acceptors (Lipinski definition) is 5. The molecular formula is C37H59NaO6. The van der Waals surface area contributed by atoms with Gasteiger partial charge in [0.1, 0.15) is 11.5 Å². The van der Waals surface area contributed by atoms with Crippen molar-refractivity contribution < 1.29 is 59.6 Å². The Morgan fingerprint density at radius 1 is 0.568 bits per heavy atom. The summed E-state index contributed by atoms with van der Waals surface area (Å²) in [5.74, 6) is -1.70. The molecule has 3 N–H and O–H groups in total. The molecule has 0 bridgehead atoms. The summed E-state index contributed by atoms with van der Waals surface area (Å²) in [5, 5.41) is 40.3. The predicted molar refractivity (Wildman–Crippen MR) is 176 cm³/mol. The molecule has 0 spiro atoms. The summed E-state index contributed by atoms with van der Waals surface area (Å²) in [6.45, 7) is 8.62. The minimum atomic E-state index is -1.14. The Balaban J connectivity index is 0. The van der Waals surface area contributed by atoms with Crippen LogP contribution in [0.1, 0.15) is 146 Å². The van der Waals surface area contributed by atoms with Crippen molar-refractivity contribution in [1.82, 2.24) is 0 Å². The number of phenolic OH excluding ortho intramolecular Hbond substituents is 2. The second-order valence-electron chi connectivity index (χ2n) is 11.5. The third kappa shape index (κ3) is 18.1. The Morgan fingerprint density at radius 3 is 1.20 bits per heavy atom. The number of hydrogen-bond donors (Lipinski definition) is 3. The van der Waals surface area contributed by atoms with Gasteiger partial charge in [-0.3, -0.25) is 4.79 Å². The van der Waals surface area contributed by atoms with E-state index in [1.807, 2.05) is 18.2 Å². The van der Waals surface area contributed by atoms with E-state index in [0.29, 0.717) is 11.1 Å². The Labute approximate surface area is 290 Å². The Morgan fingerprint density at radius 2 is 0.886 bits per heavy atom. The van der Waals surface area contributed by atoms with Crippen LogP contribution in [0.2, 0.25) is 0 Å². The second-order valence-corrected chi connectivity index (χ2v) is 11.5. The summed E-state index contributed by atoms with van der Waals surface area (Å²) in [6, 6.07) is 7.79. The zero-order valence-corrected chi connectivity index (χ0v) is 29.6. The number of unbranched alkanes of at least 4 members (excludes halogenated alkanes) is 8. The largest absolute Gasteiger partial charge is 1.00 e. The molecule has 0 aliphatic carbocycles. The number of aromatic hydroxyl groups is 2. The Hall–Kier alpha value is -2.02. The maximum Gasteiger partial charge on any atom is 1.00 e. The van der Waals surface area contributed by atoms with E-state index in [1.54, 1.807) is 0 Å². The normalized spacial score (nSPS) is 10.3. The number of aryl methyl sites for hydroxylation is 4. The zero-order valence-electron chi connectivity index (χ0n) is 27.6. The SMILES string of the molecule is C.CCCCCc1cc(CCCCC)c(O)c(CC(=O)O)c1.CCCCCc1cc(CCCCC)c(O)c(CC(=O)[O-])c1.[Na+]. The number of carbonyl (C=O) groups excluding carboxylic acids is 1. The molecule has 0 aliphatic rings. The molecule has 7 heteroatoms. The van der Waals surface area contributed by atoms with Crippen molar-refractivity contribution >= 4 is 11.9 Å². The molecule has 0 aromatic heterocycles. The Kier molecular flexibility index (Phi) is 26.3. The number of benzene rings is 2. The van der Waals surface area contributed by atoms with Crippen LogP contribution in [-0.2, 0) is 48.1 Å². The van der Waals surface area contributed by atoms with Crippen LogP contribution in [0.15, 0.2) is 24.3 Å². The minimum Gasteiger partial charge on any atom is -0.550 e. The van der Waals surface area contributed by atoms with Gasteiger partial charge in [0.2, 0.25) is 0 Å². The van der Waals surface area contributed by atoms with E-state index in [2.05, 4.69) is 33.8 Å². The predicted octanol–water partition coefficient (Wildman–Crippen LogP) is 5.27. The molecule has 0 amide bonds. The molecule has 44 heavy (non-hydrogen) atoms. The van der Waals surface area contributed by atoms with Crippen molar-refractivity contribution in [3.8, 4) is 11.5 Å². The molecule has 2 aromatic rings. The van der Waals surface area contributed by atoms with Crippen LogP contribution in [-0.4, -0.2) is 27.3 Å². The molecule has 0 heterocycles. The molecular weight excluding hydrogens is 563 g/mol. The summed E-state index contributed by atoms with van der Waals surface area (Å²) in [5.41, 5.74) is 5.13. The van der Waals surface area contributed by atoms with Crippen molar-refractivity contribution in [3.05, 3.63) is 57.6 Å². The summed E-state index contributed by atoms with van der Waals surface area (Å²) in [4.78, 5) is 21.8. The van der Waals surface area contributed by atoms with E-state index in [1.165, 1.54) is 19.3 Å².